The Morgan fingerprint density at radius 3 is 1.79 bits per heavy atom. The molecule has 4 heteroatoms. The number of benzene rings is 7. The molecule has 0 saturated carbocycles. The second-order valence-corrected chi connectivity index (χ2v) is 12.6. The van der Waals surface area contributed by atoms with Crippen LogP contribution in [0.4, 0.5) is 17.1 Å². The third-order valence-electron chi connectivity index (χ3n) is 10.0. The zero-order chi connectivity index (χ0) is 31.3. The van der Waals surface area contributed by atoms with Crippen molar-refractivity contribution in [3.05, 3.63) is 164 Å². The molecule has 0 atom stereocenters. The van der Waals surface area contributed by atoms with Crippen LogP contribution in [0.2, 0.25) is 0 Å². The Hall–Kier alpha value is -6.52. The van der Waals surface area contributed by atoms with E-state index >= 15 is 0 Å². The van der Waals surface area contributed by atoms with Gasteiger partial charge in [0.2, 0.25) is 0 Å². The number of furan rings is 1. The second kappa shape index (κ2) is 9.50. The normalized spacial score (nSPS) is 12.2. The van der Waals surface area contributed by atoms with Crippen LogP contribution >= 0.6 is 0 Å². The van der Waals surface area contributed by atoms with Gasteiger partial charge in [-0.15, -0.1) is 0 Å². The summed E-state index contributed by atoms with van der Waals surface area (Å²) in [6, 6.07) is 58.7. The molecule has 0 aliphatic carbocycles. The van der Waals surface area contributed by atoms with Gasteiger partial charge in [-0.3, -0.25) is 8.80 Å². The first-order chi connectivity index (χ1) is 23.8. The highest BCUT2D eigenvalue weighted by Gasteiger charge is 2.25. The minimum absolute atomic E-state index is 0.878. The highest BCUT2D eigenvalue weighted by atomic mass is 16.3. The lowest BCUT2D eigenvalue weighted by Gasteiger charge is -2.26. The Kier molecular flexibility index (Phi) is 5.08. The predicted octanol–water partition coefficient (Wildman–Crippen LogP) is 12.1. The second-order valence-electron chi connectivity index (χ2n) is 12.6. The molecule has 0 saturated heterocycles. The van der Waals surface area contributed by atoms with E-state index in [0.717, 1.165) is 39.0 Å². The van der Waals surface area contributed by atoms with E-state index in [-0.39, 0.29) is 0 Å². The van der Waals surface area contributed by atoms with Crippen LogP contribution < -0.4 is 4.90 Å². The van der Waals surface area contributed by atoms with Gasteiger partial charge in [0.15, 0.2) is 0 Å². The lowest BCUT2D eigenvalue weighted by molar-refractivity contribution is 0.669. The Labute approximate surface area is 275 Å². The van der Waals surface area contributed by atoms with Gasteiger partial charge in [-0.05, 0) is 77.9 Å². The van der Waals surface area contributed by atoms with Gasteiger partial charge in [0.25, 0.3) is 0 Å². The predicted molar refractivity (Wildman–Crippen MR) is 199 cm³/mol. The summed E-state index contributed by atoms with van der Waals surface area (Å²) in [6.07, 6.45) is 0. The molecule has 11 rings (SSSR count). The van der Waals surface area contributed by atoms with Gasteiger partial charge in [-0.25, -0.2) is 0 Å². The highest BCUT2D eigenvalue weighted by Crippen LogP contribution is 2.46. The lowest BCUT2D eigenvalue weighted by Crippen LogP contribution is -2.10. The lowest BCUT2D eigenvalue weighted by atomic mass is 10.0. The van der Waals surface area contributed by atoms with E-state index in [4.69, 9.17) is 4.42 Å². The molecule has 0 aliphatic rings. The fraction of sp³-hybridized carbons (Fsp3) is 0. The summed E-state index contributed by atoms with van der Waals surface area (Å²) in [7, 11) is 0. The number of aromatic nitrogens is 2. The molecule has 48 heavy (non-hydrogen) atoms. The molecule has 4 aromatic heterocycles. The SMILES string of the molecule is c1ccc(-c2ccc(N(c3ccc4c(c3)c3c5ccccc5n5c6ccccc6n4c35)c3cccc4oc5ccccc5c34)cc2)cc1. The summed E-state index contributed by atoms with van der Waals surface area (Å²) < 4.78 is 11.2. The zero-order valence-electron chi connectivity index (χ0n) is 25.8. The topological polar surface area (TPSA) is 25.2 Å². The van der Waals surface area contributed by atoms with Crippen LogP contribution in [-0.2, 0) is 0 Å². The third-order valence-corrected chi connectivity index (χ3v) is 10.0. The first-order valence-electron chi connectivity index (χ1n) is 16.4. The zero-order valence-corrected chi connectivity index (χ0v) is 25.8. The van der Waals surface area contributed by atoms with Crippen molar-refractivity contribution in [2.24, 2.45) is 0 Å². The Morgan fingerprint density at radius 2 is 1.00 bits per heavy atom. The average molecular weight is 614 g/mol. The monoisotopic (exact) mass is 613 g/mol. The number of rotatable bonds is 4. The number of para-hydroxylation sites is 4. The van der Waals surface area contributed by atoms with Crippen LogP contribution in [0.3, 0.4) is 0 Å². The average Bonchev–Trinajstić information content (AvgIpc) is 3.88. The van der Waals surface area contributed by atoms with E-state index in [0.29, 0.717) is 0 Å². The van der Waals surface area contributed by atoms with Crippen molar-refractivity contribution in [1.82, 2.24) is 8.80 Å². The fourth-order valence-corrected chi connectivity index (χ4v) is 8.01. The number of anilines is 3. The van der Waals surface area contributed by atoms with Gasteiger partial charge in [-0.2, -0.15) is 0 Å². The van der Waals surface area contributed by atoms with Crippen molar-refractivity contribution in [2.45, 2.75) is 0 Å². The fourth-order valence-electron chi connectivity index (χ4n) is 8.01. The molecular formula is C44H27N3O. The molecule has 4 nitrogen and oxygen atoms in total. The summed E-state index contributed by atoms with van der Waals surface area (Å²) in [5.74, 6) is 0. The maximum absolute atomic E-state index is 6.38. The standard InChI is InChI=1S/C44H27N3O/c1-2-11-28(12-3-1)29-21-23-30(24-22-29)45(39-18-10-20-41-43(39)33-14-5-9-19-40(33)48-41)31-25-26-36-34(27-31)42-32-13-4-6-15-35(32)46-37-16-7-8-17-38(37)47(36)44(42)46/h1-27H. The molecule has 0 radical (unpaired) electrons. The van der Waals surface area contributed by atoms with Gasteiger partial charge in [0, 0.05) is 32.9 Å². The summed E-state index contributed by atoms with van der Waals surface area (Å²) in [4.78, 5) is 2.39. The Morgan fingerprint density at radius 1 is 0.396 bits per heavy atom. The smallest absolute Gasteiger partial charge is 0.137 e. The van der Waals surface area contributed by atoms with Crippen molar-refractivity contribution in [1.29, 1.82) is 0 Å². The Balaban J connectivity index is 1.22. The number of nitrogens with zero attached hydrogens (tertiary/aromatic N) is 3. The minimum atomic E-state index is 0.878. The van der Waals surface area contributed by atoms with Crippen LogP contribution in [0.5, 0.6) is 0 Å². The highest BCUT2D eigenvalue weighted by molar-refractivity contribution is 6.24. The van der Waals surface area contributed by atoms with Crippen LogP contribution in [-0.4, -0.2) is 8.80 Å². The largest absolute Gasteiger partial charge is 0.456 e. The summed E-state index contributed by atoms with van der Waals surface area (Å²) in [5.41, 5.74) is 13.5. The molecule has 0 bridgehead atoms. The molecule has 7 aromatic carbocycles. The number of imidazole rings is 1. The molecule has 4 heterocycles. The van der Waals surface area contributed by atoms with Crippen LogP contribution in [0, 0.1) is 0 Å². The maximum atomic E-state index is 6.38. The van der Waals surface area contributed by atoms with Gasteiger partial charge in [0.1, 0.15) is 16.8 Å². The van der Waals surface area contributed by atoms with E-state index in [9.17, 15) is 0 Å². The number of hydrogen-bond acceptors (Lipinski definition) is 2. The molecule has 0 amide bonds. The summed E-state index contributed by atoms with van der Waals surface area (Å²) in [6.45, 7) is 0. The van der Waals surface area contributed by atoms with E-state index in [1.54, 1.807) is 0 Å². The van der Waals surface area contributed by atoms with Crippen LogP contribution in [0.15, 0.2) is 168 Å². The first-order valence-corrected chi connectivity index (χ1v) is 16.4. The van der Waals surface area contributed by atoms with Crippen molar-refractivity contribution >= 4 is 82.9 Å². The number of hydrogen-bond donors (Lipinski definition) is 0. The van der Waals surface area contributed by atoms with Gasteiger partial charge >= 0.3 is 0 Å². The van der Waals surface area contributed by atoms with E-state index in [2.05, 4.69) is 171 Å². The van der Waals surface area contributed by atoms with Gasteiger partial charge < -0.3 is 9.32 Å². The molecule has 0 N–H and O–H groups in total. The van der Waals surface area contributed by atoms with E-state index in [1.165, 1.54) is 55.0 Å². The molecule has 224 valence electrons. The molecular weight excluding hydrogens is 587 g/mol. The minimum Gasteiger partial charge on any atom is -0.456 e. The van der Waals surface area contributed by atoms with Crippen LogP contribution in [0.25, 0.3) is 76.9 Å². The quantitative estimate of drug-likeness (QED) is 0.197. The third kappa shape index (κ3) is 3.38. The maximum Gasteiger partial charge on any atom is 0.137 e. The molecule has 0 aliphatic heterocycles. The van der Waals surface area contributed by atoms with Crippen LogP contribution in [0.1, 0.15) is 0 Å². The summed E-state index contributed by atoms with van der Waals surface area (Å²) in [5, 5.41) is 6.00. The first kappa shape index (κ1) is 25.6. The number of fused-ring (bicyclic) bond motifs is 12. The molecule has 11 aromatic rings. The molecule has 0 unspecified atom stereocenters. The van der Waals surface area contributed by atoms with Gasteiger partial charge in [0.05, 0.1) is 33.1 Å². The van der Waals surface area contributed by atoms with Crippen molar-refractivity contribution in [2.75, 3.05) is 4.90 Å². The Bertz CT molecular complexity index is 2990. The van der Waals surface area contributed by atoms with Crippen molar-refractivity contribution < 1.29 is 4.42 Å². The van der Waals surface area contributed by atoms with E-state index in [1.807, 2.05) is 6.07 Å². The summed E-state index contributed by atoms with van der Waals surface area (Å²) >= 11 is 0. The van der Waals surface area contributed by atoms with Gasteiger partial charge in [-0.1, -0.05) is 97.1 Å². The molecule has 0 spiro atoms. The van der Waals surface area contributed by atoms with Crippen molar-refractivity contribution in [3.63, 3.8) is 0 Å². The van der Waals surface area contributed by atoms with E-state index < -0.39 is 0 Å². The van der Waals surface area contributed by atoms with Crippen molar-refractivity contribution in [3.8, 4) is 11.1 Å². The molecule has 0 fully saturated rings.